The van der Waals surface area contributed by atoms with Gasteiger partial charge in [0.2, 0.25) is 5.91 Å². The van der Waals surface area contributed by atoms with Crippen molar-refractivity contribution < 1.29 is 9.90 Å². The number of nitrogens with one attached hydrogen (secondary N) is 1. The van der Waals surface area contributed by atoms with Crippen LogP contribution in [0.5, 0.6) is 0 Å². The third-order valence-corrected chi connectivity index (χ3v) is 4.11. The molecular weight excluding hydrogens is 230 g/mol. The van der Waals surface area contributed by atoms with Gasteiger partial charge in [-0.3, -0.25) is 4.79 Å². The molecular formula is C13H21N3O2. The molecule has 2 rings (SSSR count). The summed E-state index contributed by atoms with van der Waals surface area (Å²) in [7, 11) is 0. The Morgan fingerprint density at radius 1 is 1.56 bits per heavy atom. The van der Waals surface area contributed by atoms with E-state index in [1.54, 1.807) is 18.7 Å². The maximum Gasteiger partial charge on any atom is 0.240 e. The van der Waals surface area contributed by atoms with Crippen LogP contribution in [0.2, 0.25) is 0 Å². The van der Waals surface area contributed by atoms with Crippen LogP contribution in [0.3, 0.4) is 0 Å². The third kappa shape index (κ3) is 2.50. The number of amides is 1. The van der Waals surface area contributed by atoms with Gasteiger partial charge in [-0.25, -0.2) is 0 Å². The average Bonchev–Trinajstić information content (AvgIpc) is 2.96. The van der Waals surface area contributed by atoms with Crippen molar-refractivity contribution >= 4 is 5.91 Å². The Bertz CT molecular complexity index is 369. The van der Waals surface area contributed by atoms with Crippen LogP contribution in [0.1, 0.15) is 33.1 Å². The quantitative estimate of drug-likeness (QED) is 0.737. The molecule has 2 N–H and O–H groups in total. The second-order valence-corrected chi connectivity index (χ2v) is 5.87. The van der Waals surface area contributed by atoms with Crippen molar-refractivity contribution in [3.63, 3.8) is 0 Å². The number of nitriles is 1. The normalized spacial score (nSPS) is 32.6. The first-order chi connectivity index (χ1) is 8.43. The molecule has 5 nitrogen and oxygen atoms in total. The summed E-state index contributed by atoms with van der Waals surface area (Å²) < 4.78 is 0. The van der Waals surface area contributed by atoms with Gasteiger partial charge in [-0.05, 0) is 33.1 Å². The number of hydrogen-bond acceptors (Lipinski definition) is 4. The van der Waals surface area contributed by atoms with Gasteiger partial charge in [0.1, 0.15) is 6.04 Å². The molecule has 0 radical (unpaired) electrons. The minimum absolute atomic E-state index is 0.0193. The Labute approximate surface area is 108 Å². The first-order valence-corrected chi connectivity index (χ1v) is 6.59. The first kappa shape index (κ1) is 13.3. The molecule has 5 heteroatoms. The molecule has 0 aliphatic carbocycles. The lowest BCUT2D eigenvalue weighted by molar-refractivity contribution is -0.133. The predicted octanol–water partition coefficient (Wildman–Crippen LogP) is 0.250. The third-order valence-electron chi connectivity index (χ3n) is 4.11. The van der Waals surface area contributed by atoms with Crippen LogP contribution in [0.15, 0.2) is 0 Å². The van der Waals surface area contributed by atoms with Crippen LogP contribution in [-0.2, 0) is 4.79 Å². The summed E-state index contributed by atoms with van der Waals surface area (Å²) in [5.41, 5.74) is -0.762. The highest BCUT2D eigenvalue weighted by molar-refractivity contribution is 5.83. The molecule has 2 fully saturated rings. The summed E-state index contributed by atoms with van der Waals surface area (Å²) in [6.07, 6.45) is 2.34. The summed E-state index contributed by atoms with van der Waals surface area (Å²) >= 11 is 0. The Kier molecular flexibility index (Phi) is 3.60. The lowest BCUT2D eigenvalue weighted by Crippen LogP contribution is -2.45. The van der Waals surface area contributed by atoms with Gasteiger partial charge in [-0.1, -0.05) is 0 Å². The molecule has 2 aliphatic heterocycles. The monoisotopic (exact) mass is 251 g/mol. The molecule has 3 atom stereocenters. The summed E-state index contributed by atoms with van der Waals surface area (Å²) in [6, 6.07) is 1.68. The largest absolute Gasteiger partial charge is 0.390 e. The van der Waals surface area contributed by atoms with E-state index in [4.69, 9.17) is 5.26 Å². The highest BCUT2D eigenvalue weighted by Gasteiger charge is 2.40. The molecule has 0 bridgehead atoms. The maximum atomic E-state index is 12.3. The van der Waals surface area contributed by atoms with E-state index in [2.05, 4.69) is 11.4 Å². The van der Waals surface area contributed by atoms with Crippen LogP contribution < -0.4 is 5.32 Å². The smallest absolute Gasteiger partial charge is 0.240 e. The fourth-order valence-electron chi connectivity index (χ4n) is 2.83. The number of carbonyl (C=O) groups excluding carboxylic acids is 1. The van der Waals surface area contributed by atoms with Gasteiger partial charge in [0.25, 0.3) is 0 Å². The minimum atomic E-state index is -0.762. The summed E-state index contributed by atoms with van der Waals surface area (Å²) in [5, 5.41) is 22.1. The van der Waals surface area contributed by atoms with Crippen molar-refractivity contribution in [2.24, 2.45) is 5.92 Å². The molecule has 0 spiro atoms. The number of aliphatic hydroxyl groups is 1. The van der Waals surface area contributed by atoms with Gasteiger partial charge in [0.05, 0.1) is 17.7 Å². The zero-order chi connectivity index (χ0) is 13.3. The lowest BCUT2D eigenvalue weighted by atomic mass is 9.89. The topological polar surface area (TPSA) is 76.4 Å². The zero-order valence-corrected chi connectivity index (χ0v) is 11.0. The predicted molar refractivity (Wildman–Crippen MR) is 66.5 cm³/mol. The molecule has 2 heterocycles. The summed E-state index contributed by atoms with van der Waals surface area (Å²) in [4.78, 5) is 14.0. The molecule has 1 amide bonds. The Morgan fingerprint density at radius 2 is 2.28 bits per heavy atom. The van der Waals surface area contributed by atoms with E-state index >= 15 is 0 Å². The van der Waals surface area contributed by atoms with E-state index in [0.29, 0.717) is 19.5 Å². The molecule has 0 aromatic heterocycles. The minimum Gasteiger partial charge on any atom is -0.390 e. The molecule has 0 saturated carbocycles. The second kappa shape index (κ2) is 4.87. The van der Waals surface area contributed by atoms with Crippen molar-refractivity contribution in [3.05, 3.63) is 0 Å². The highest BCUT2D eigenvalue weighted by Crippen LogP contribution is 2.28. The molecule has 18 heavy (non-hydrogen) atoms. The van der Waals surface area contributed by atoms with Crippen LogP contribution in [-0.4, -0.2) is 46.7 Å². The van der Waals surface area contributed by atoms with Crippen LogP contribution >= 0.6 is 0 Å². The van der Waals surface area contributed by atoms with E-state index in [1.165, 1.54) is 0 Å². The van der Waals surface area contributed by atoms with Crippen molar-refractivity contribution in [3.8, 4) is 6.07 Å². The van der Waals surface area contributed by atoms with E-state index < -0.39 is 5.60 Å². The summed E-state index contributed by atoms with van der Waals surface area (Å²) in [6.45, 7) is 4.90. The lowest BCUT2D eigenvalue weighted by Gasteiger charge is -2.26. The molecule has 0 aromatic rings. The van der Waals surface area contributed by atoms with Crippen molar-refractivity contribution in [2.45, 2.75) is 50.8 Å². The first-order valence-electron chi connectivity index (χ1n) is 6.59. The van der Waals surface area contributed by atoms with Gasteiger partial charge < -0.3 is 15.3 Å². The van der Waals surface area contributed by atoms with Crippen LogP contribution in [0, 0.1) is 17.2 Å². The number of rotatable bonds is 2. The van der Waals surface area contributed by atoms with E-state index in [-0.39, 0.29) is 23.9 Å². The van der Waals surface area contributed by atoms with Crippen molar-refractivity contribution in [2.75, 3.05) is 13.1 Å². The maximum absolute atomic E-state index is 12.3. The molecule has 0 unspecified atom stereocenters. The van der Waals surface area contributed by atoms with Gasteiger partial charge >= 0.3 is 0 Å². The standard InChI is InChI=1S/C13H21N3O2/c1-13(2,18)9-6-11(15-8-9)12(17)16-5-3-4-10(16)7-14/h9-11,15,18H,3-6,8H2,1-2H3/t9-,10-,11-/m0/s1. The molecule has 2 aliphatic rings. The van der Waals surface area contributed by atoms with Gasteiger partial charge in [-0.2, -0.15) is 5.26 Å². The zero-order valence-electron chi connectivity index (χ0n) is 11.0. The van der Waals surface area contributed by atoms with Gasteiger partial charge in [0.15, 0.2) is 0 Å². The molecule has 2 saturated heterocycles. The van der Waals surface area contributed by atoms with E-state index in [9.17, 15) is 9.90 Å². The number of nitrogens with zero attached hydrogens (tertiary/aromatic N) is 2. The fourth-order valence-corrected chi connectivity index (χ4v) is 2.83. The Hall–Kier alpha value is -1.12. The number of carbonyl (C=O) groups is 1. The van der Waals surface area contributed by atoms with Crippen LogP contribution in [0.4, 0.5) is 0 Å². The van der Waals surface area contributed by atoms with Crippen molar-refractivity contribution in [1.82, 2.24) is 10.2 Å². The van der Waals surface area contributed by atoms with Gasteiger partial charge in [-0.15, -0.1) is 0 Å². The SMILES string of the molecule is CC(C)(O)[C@@H]1CN[C@H](C(=O)N2CCC[C@H]2C#N)C1. The fraction of sp³-hybridized carbons (Fsp3) is 0.846. The molecule has 0 aromatic carbocycles. The molecule has 100 valence electrons. The number of likely N-dealkylation sites (tertiary alicyclic amines) is 1. The van der Waals surface area contributed by atoms with E-state index in [1.807, 2.05) is 0 Å². The Morgan fingerprint density at radius 3 is 2.83 bits per heavy atom. The average molecular weight is 251 g/mol. The van der Waals surface area contributed by atoms with E-state index in [0.717, 1.165) is 12.8 Å². The summed E-state index contributed by atoms with van der Waals surface area (Å²) in [5.74, 6) is 0.111. The van der Waals surface area contributed by atoms with Crippen molar-refractivity contribution in [1.29, 1.82) is 5.26 Å². The van der Waals surface area contributed by atoms with Crippen LogP contribution in [0.25, 0.3) is 0 Å². The highest BCUT2D eigenvalue weighted by atomic mass is 16.3. The number of hydrogen-bond donors (Lipinski definition) is 2. The second-order valence-electron chi connectivity index (χ2n) is 5.87. The van der Waals surface area contributed by atoms with Gasteiger partial charge in [0, 0.05) is 19.0 Å². The Balaban J connectivity index is 1.98.